The molecule has 0 bridgehead atoms. The molecule has 4 nitrogen and oxygen atoms in total. The van der Waals surface area contributed by atoms with Gasteiger partial charge in [-0.05, 0) is 6.07 Å². The Balaban J connectivity index is 3.05. The fraction of sp³-hybridized carbons (Fsp3) is 0. The van der Waals surface area contributed by atoms with Crippen LogP contribution in [0.5, 0.6) is 0 Å². The molecule has 0 saturated heterocycles. The Kier molecular flexibility index (Phi) is 3.27. The van der Waals surface area contributed by atoms with Crippen molar-refractivity contribution in [1.82, 2.24) is 0 Å². The van der Waals surface area contributed by atoms with Crippen LogP contribution in [-0.4, -0.2) is 12.2 Å². The zero-order valence-electron chi connectivity index (χ0n) is 7.42. The smallest absolute Gasteiger partial charge is 0.211 e. The van der Waals surface area contributed by atoms with E-state index in [4.69, 9.17) is 11.5 Å². The third kappa shape index (κ3) is 2.97. The summed E-state index contributed by atoms with van der Waals surface area (Å²) in [5.74, 6) is -3.78. The summed E-state index contributed by atoms with van der Waals surface area (Å²) < 4.78 is 38.3. The summed E-state index contributed by atoms with van der Waals surface area (Å²) in [7, 11) is 0. The summed E-state index contributed by atoms with van der Waals surface area (Å²) in [5, 5.41) is 6.37. The largest absolute Gasteiger partial charge is 0.369 e. The van der Waals surface area contributed by atoms with Crippen LogP contribution in [0.15, 0.2) is 22.3 Å². The van der Waals surface area contributed by atoms with Gasteiger partial charge in [-0.3, -0.25) is 0 Å². The highest BCUT2D eigenvalue weighted by atomic mass is 19.2. The van der Waals surface area contributed by atoms with E-state index >= 15 is 0 Å². The van der Waals surface area contributed by atoms with Crippen molar-refractivity contribution in [3.05, 3.63) is 35.1 Å². The number of nitrogens with two attached hydrogens (primary N) is 2. The van der Waals surface area contributed by atoms with Gasteiger partial charge in [0.2, 0.25) is 5.96 Å². The molecule has 15 heavy (non-hydrogen) atoms. The molecule has 1 aromatic rings. The predicted molar refractivity (Wildman–Crippen MR) is 49.7 cm³/mol. The fourth-order valence-corrected chi connectivity index (χ4v) is 0.828. The van der Waals surface area contributed by atoms with Gasteiger partial charge in [-0.2, -0.15) is 5.10 Å². The molecule has 0 atom stereocenters. The SMILES string of the molecule is NC(N)=NN=Cc1cc(F)cc(F)c1F. The van der Waals surface area contributed by atoms with E-state index in [0.29, 0.717) is 6.07 Å². The molecule has 80 valence electrons. The number of guanidine groups is 1. The van der Waals surface area contributed by atoms with Gasteiger partial charge in [-0.25, -0.2) is 13.2 Å². The molecule has 1 rings (SSSR count). The molecule has 7 heteroatoms. The minimum atomic E-state index is -1.30. The van der Waals surface area contributed by atoms with E-state index in [9.17, 15) is 13.2 Å². The van der Waals surface area contributed by atoms with Crippen molar-refractivity contribution < 1.29 is 13.2 Å². The molecule has 0 amide bonds. The van der Waals surface area contributed by atoms with Crippen molar-refractivity contribution in [1.29, 1.82) is 0 Å². The summed E-state index contributed by atoms with van der Waals surface area (Å²) in [6.07, 6.45) is 0.807. The van der Waals surface area contributed by atoms with Gasteiger partial charge in [0.15, 0.2) is 11.6 Å². The van der Waals surface area contributed by atoms with Crippen molar-refractivity contribution in [3.63, 3.8) is 0 Å². The molecule has 0 aliphatic carbocycles. The summed E-state index contributed by atoms with van der Waals surface area (Å²) in [4.78, 5) is 0. The minimum absolute atomic E-state index is 0.344. The highest BCUT2D eigenvalue weighted by molar-refractivity contribution is 5.81. The van der Waals surface area contributed by atoms with E-state index in [2.05, 4.69) is 10.2 Å². The van der Waals surface area contributed by atoms with Crippen LogP contribution in [0, 0.1) is 17.5 Å². The highest BCUT2D eigenvalue weighted by Gasteiger charge is 2.08. The van der Waals surface area contributed by atoms with Gasteiger partial charge in [0.1, 0.15) is 5.82 Å². The van der Waals surface area contributed by atoms with E-state index in [1.54, 1.807) is 0 Å². The lowest BCUT2D eigenvalue weighted by Gasteiger charge is -1.97. The van der Waals surface area contributed by atoms with Crippen LogP contribution < -0.4 is 11.5 Å². The fourth-order valence-electron chi connectivity index (χ4n) is 0.828. The first-order valence-corrected chi connectivity index (χ1v) is 3.77. The topological polar surface area (TPSA) is 76.8 Å². The maximum atomic E-state index is 13.0. The number of rotatable bonds is 2. The molecule has 0 fully saturated rings. The van der Waals surface area contributed by atoms with Crippen LogP contribution >= 0.6 is 0 Å². The van der Waals surface area contributed by atoms with Gasteiger partial charge in [-0.15, -0.1) is 5.10 Å². The number of halogens is 3. The van der Waals surface area contributed by atoms with Crippen LogP contribution in [0.1, 0.15) is 5.56 Å². The minimum Gasteiger partial charge on any atom is -0.369 e. The predicted octanol–water partition coefficient (Wildman–Crippen LogP) is 0.711. The summed E-state index contributed by atoms with van der Waals surface area (Å²) in [6.45, 7) is 0. The summed E-state index contributed by atoms with van der Waals surface area (Å²) in [5.41, 5.74) is 9.48. The Labute approximate surface area is 83.1 Å². The maximum absolute atomic E-state index is 13.0. The van der Waals surface area contributed by atoms with Crippen LogP contribution in [0.2, 0.25) is 0 Å². The third-order valence-corrected chi connectivity index (χ3v) is 1.39. The van der Waals surface area contributed by atoms with Crippen molar-refractivity contribution in [3.8, 4) is 0 Å². The lowest BCUT2D eigenvalue weighted by molar-refractivity contribution is 0.493. The molecular formula is C8H7F3N4. The Morgan fingerprint density at radius 3 is 2.47 bits per heavy atom. The van der Waals surface area contributed by atoms with Gasteiger partial charge >= 0.3 is 0 Å². The van der Waals surface area contributed by atoms with Crippen molar-refractivity contribution in [2.75, 3.05) is 0 Å². The van der Waals surface area contributed by atoms with E-state index in [-0.39, 0.29) is 11.5 Å². The number of hydrogen-bond donors (Lipinski definition) is 2. The third-order valence-electron chi connectivity index (χ3n) is 1.39. The zero-order valence-corrected chi connectivity index (χ0v) is 7.42. The van der Waals surface area contributed by atoms with E-state index in [1.807, 2.05) is 0 Å². The lowest BCUT2D eigenvalue weighted by Crippen LogP contribution is -2.21. The van der Waals surface area contributed by atoms with Gasteiger partial charge in [-0.1, -0.05) is 0 Å². The standard InChI is InChI=1S/C8H7F3N4/c9-5-1-4(3-14-15-8(12)13)7(11)6(10)2-5/h1-3H,(H4,12,13,15). The van der Waals surface area contributed by atoms with Gasteiger partial charge in [0.05, 0.1) is 6.21 Å². The molecule has 0 unspecified atom stereocenters. The first-order valence-electron chi connectivity index (χ1n) is 3.77. The maximum Gasteiger partial charge on any atom is 0.211 e. The van der Waals surface area contributed by atoms with Crippen molar-refractivity contribution in [2.24, 2.45) is 21.7 Å². The summed E-state index contributed by atoms with van der Waals surface area (Å²) >= 11 is 0. The average Bonchev–Trinajstić information content (AvgIpc) is 2.12. The van der Waals surface area contributed by atoms with Crippen LogP contribution in [0.3, 0.4) is 0 Å². The van der Waals surface area contributed by atoms with Crippen molar-refractivity contribution in [2.45, 2.75) is 0 Å². The molecule has 0 heterocycles. The molecule has 1 aromatic carbocycles. The van der Waals surface area contributed by atoms with Crippen LogP contribution in [0.4, 0.5) is 13.2 Å². The molecular weight excluding hydrogens is 209 g/mol. The molecule has 0 aromatic heterocycles. The van der Waals surface area contributed by atoms with E-state index in [1.165, 1.54) is 0 Å². The van der Waals surface area contributed by atoms with Crippen molar-refractivity contribution >= 4 is 12.2 Å². The molecule has 0 spiro atoms. The first-order chi connectivity index (χ1) is 7.00. The molecule has 0 aliphatic rings. The quantitative estimate of drug-likeness (QED) is 0.330. The van der Waals surface area contributed by atoms with Gasteiger partial charge in [0.25, 0.3) is 0 Å². The Morgan fingerprint density at radius 2 is 1.87 bits per heavy atom. The zero-order chi connectivity index (χ0) is 11.4. The van der Waals surface area contributed by atoms with Crippen LogP contribution in [0.25, 0.3) is 0 Å². The van der Waals surface area contributed by atoms with Gasteiger partial charge in [0, 0.05) is 11.6 Å². The monoisotopic (exact) mass is 216 g/mol. The Bertz CT molecular complexity index is 424. The van der Waals surface area contributed by atoms with E-state index < -0.39 is 17.5 Å². The van der Waals surface area contributed by atoms with E-state index in [0.717, 1.165) is 12.3 Å². The second kappa shape index (κ2) is 4.45. The molecule has 0 radical (unpaired) electrons. The molecule has 0 aliphatic heterocycles. The number of nitrogens with zero attached hydrogens (tertiary/aromatic N) is 2. The number of hydrogen-bond acceptors (Lipinski definition) is 2. The molecule has 0 saturated carbocycles. The highest BCUT2D eigenvalue weighted by Crippen LogP contribution is 2.12. The first kappa shape index (κ1) is 11.0. The summed E-state index contributed by atoms with van der Waals surface area (Å²) in [6, 6.07) is 1.19. The Morgan fingerprint density at radius 1 is 1.20 bits per heavy atom. The Hall–Kier alpha value is -2.05. The average molecular weight is 216 g/mol. The number of benzene rings is 1. The van der Waals surface area contributed by atoms with Gasteiger partial charge < -0.3 is 11.5 Å². The second-order valence-electron chi connectivity index (χ2n) is 2.56. The normalized spacial score (nSPS) is 10.6. The molecule has 4 N–H and O–H groups in total. The second-order valence-corrected chi connectivity index (χ2v) is 2.56. The lowest BCUT2D eigenvalue weighted by atomic mass is 10.2. The van der Waals surface area contributed by atoms with Crippen LogP contribution in [-0.2, 0) is 0 Å².